The third kappa shape index (κ3) is 8.58. The summed E-state index contributed by atoms with van der Waals surface area (Å²) < 4.78 is 0. The van der Waals surface area contributed by atoms with Gasteiger partial charge in [-0.3, -0.25) is 0 Å². The van der Waals surface area contributed by atoms with Gasteiger partial charge in [0, 0.05) is 50.6 Å². The van der Waals surface area contributed by atoms with Crippen LogP contribution in [0.4, 0.5) is 34.1 Å². The fourth-order valence-electron chi connectivity index (χ4n) is 12.8. The average Bonchev–Trinajstić information content (AvgIpc) is 3.55. The Kier molecular flexibility index (Phi) is 11.3. The van der Waals surface area contributed by atoms with E-state index in [0.29, 0.717) is 5.82 Å². The van der Waals surface area contributed by atoms with E-state index in [1.807, 2.05) is 0 Å². The van der Waals surface area contributed by atoms with Crippen molar-refractivity contribution in [3.8, 4) is 22.6 Å². The second kappa shape index (κ2) is 18.0. The third-order valence-corrected chi connectivity index (χ3v) is 17.5. The van der Waals surface area contributed by atoms with E-state index in [-0.39, 0.29) is 28.4 Å². The monoisotopic (exact) mass is 1050 g/mol. The van der Waals surface area contributed by atoms with Crippen molar-refractivity contribution in [2.24, 2.45) is 0 Å². The van der Waals surface area contributed by atoms with Crippen LogP contribution in [0.25, 0.3) is 76.6 Å². The van der Waals surface area contributed by atoms with Crippen LogP contribution in [-0.2, 0) is 21.7 Å². The van der Waals surface area contributed by atoms with Crippen LogP contribution in [0.3, 0.4) is 0 Å². The second-order valence-corrected chi connectivity index (χ2v) is 27.3. The molecule has 1 aromatic heterocycles. The molecule has 0 saturated carbocycles. The molecule has 0 radical (unpaired) electrons. The van der Waals surface area contributed by atoms with Crippen molar-refractivity contribution in [1.29, 1.82) is 0 Å². The summed E-state index contributed by atoms with van der Waals surface area (Å²) in [4.78, 5) is 16.5. The summed E-state index contributed by atoms with van der Waals surface area (Å²) in [5, 5.41) is 10.8. The van der Waals surface area contributed by atoms with E-state index in [0.717, 1.165) is 50.5 Å². The lowest BCUT2D eigenvalue weighted by Gasteiger charge is -2.44. The van der Waals surface area contributed by atoms with Crippen LogP contribution in [-0.4, -0.2) is 16.7 Å². The van der Waals surface area contributed by atoms with E-state index in [9.17, 15) is 0 Å². The first-order chi connectivity index (χ1) is 38.6. The van der Waals surface area contributed by atoms with E-state index in [1.165, 1.54) is 93.1 Å². The quantitative estimate of drug-likeness (QED) is 0.130. The summed E-state index contributed by atoms with van der Waals surface area (Å²) in [6, 6.07) is 76.3. The molecule has 11 aromatic carbocycles. The number of hydrogen-bond donors (Lipinski definition) is 0. The summed E-state index contributed by atoms with van der Waals surface area (Å²) in [6.45, 7) is 27.5. The molecule has 0 aliphatic carbocycles. The molecule has 396 valence electrons. The lowest BCUT2D eigenvalue weighted by atomic mass is 9.33. The van der Waals surface area contributed by atoms with Crippen LogP contribution < -0.4 is 26.2 Å². The van der Waals surface area contributed by atoms with Gasteiger partial charge in [-0.2, -0.15) is 0 Å². The first-order valence-electron chi connectivity index (χ1n) is 29.0. The molecule has 2 aliphatic heterocycles. The van der Waals surface area contributed by atoms with Gasteiger partial charge in [0.25, 0.3) is 6.71 Å². The van der Waals surface area contributed by atoms with Gasteiger partial charge in [0.2, 0.25) is 0 Å². The Hall–Kier alpha value is -8.54. The first-order valence-corrected chi connectivity index (χ1v) is 29.0. The fourth-order valence-corrected chi connectivity index (χ4v) is 12.8. The SMILES string of the molecule is CC(C)(C)c1ccc(N2c3cc4cc5ccccc5cc4cc3B3c4cc5cc6ccccc6cc5cc4N(c4ccc(C(C)(C)C)cc4)c4cc(-c5nc(-c6cc(C(C)(C)C)cc(C(C)(C)C)c6)c6ccccc6n5)cc2c43)cc1. The number of para-hydroxylation sites is 1. The molecule has 2 aliphatic rings. The van der Waals surface area contributed by atoms with Gasteiger partial charge in [0.05, 0.1) is 11.2 Å². The molecule has 0 amide bonds. The van der Waals surface area contributed by atoms with Crippen molar-refractivity contribution < 1.29 is 0 Å². The Labute approximate surface area is 478 Å². The molecule has 81 heavy (non-hydrogen) atoms. The maximum absolute atomic E-state index is 5.80. The van der Waals surface area contributed by atoms with Crippen LogP contribution >= 0.6 is 0 Å². The Morgan fingerprint density at radius 3 is 1.14 bits per heavy atom. The lowest BCUT2D eigenvalue weighted by Crippen LogP contribution is -2.61. The first kappa shape index (κ1) is 50.7. The smallest absolute Gasteiger partial charge is 0.252 e. The van der Waals surface area contributed by atoms with Crippen molar-refractivity contribution >= 4 is 111 Å². The van der Waals surface area contributed by atoms with Crippen LogP contribution in [0, 0.1) is 0 Å². The molecular formula is C76H69BN4. The molecular weight excluding hydrogens is 980 g/mol. The minimum Gasteiger partial charge on any atom is -0.311 e. The molecule has 14 rings (SSSR count). The predicted octanol–water partition coefficient (Wildman–Crippen LogP) is 18.8. The molecule has 0 bridgehead atoms. The Morgan fingerprint density at radius 1 is 0.321 bits per heavy atom. The van der Waals surface area contributed by atoms with Gasteiger partial charge in [-0.05, 0) is 194 Å². The Balaban J connectivity index is 1.12. The number of benzene rings is 11. The highest BCUT2D eigenvalue weighted by Gasteiger charge is 2.44. The molecule has 0 unspecified atom stereocenters. The molecule has 5 heteroatoms. The predicted molar refractivity (Wildman–Crippen MR) is 349 cm³/mol. The van der Waals surface area contributed by atoms with Crippen LogP contribution in [0.5, 0.6) is 0 Å². The second-order valence-electron chi connectivity index (χ2n) is 27.3. The Bertz CT molecular complexity index is 4320. The van der Waals surface area contributed by atoms with E-state index >= 15 is 0 Å². The van der Waals surface area contributed by atoms with Gasteiger partial charge < -0.3 is 9.80 Å². The maximum Gasteiger partial charge on any atom is 0.252 e. The van der Waals surface area contributed by atoms with E-state index in [1.54, 1.807) is 0 Å². The van der Waals surface area contributed by atoms with E-state index < -0.39 is 0 Å². The molecule has 12 aromatic rings. The van der Waals surface area contributed by atoms with Crippen LogP contribution in [0.1, 0.15) is 105 Å². The average molecular weight is 1050 g/mol. The zero-order valence-electron chi connectivity index (χ0n) is 48.9. The van der Waals surface area contributed by atoms with E-state index in [2.05, 4.69) is 293 Å². The van der Waals surface area contributed by atoms with Gasteiger partial charge >= 0.3 is 0 Å². The lowest BCUT2D eigenvalue weighted by molar-refractivity contribution is 0.569. The third-order valence-electron chi connectivity index (χ3n) is 17.5. The fraction of sp³-hybridized carbons (Fsp3) is 0.211. The van der Waals surface area contributed by atoms with Gasteiger partial charge in [-0.15, -0.1) is 0 Å². The summed E-state index contributed by atoms with van der Waals surface area (Å²) in [5.74, 6) is 0.690. The number of hydrogen-bond acceptors (Lipinski definition) is 4. The van der Waals surface area contributed by atoms with Crippen LogP contribution in [0.15, 0.2) is 200 Å². The minimum atomic E-state index is -0.125. The zero-order valence-corrected chi connectivity index (χ0v) is 48.9. The molecule has 4 nitrogen and oxygen atoms in total. The highest BCUT2D eigenvalue weighted by Crippen LogP contribution is 2.49. The van der Waals surface area contributed by atoms with Gasteiger partial charge in [0.15, 0.2) is 5.82 Å². The number of rotatable bonds is 4. The highest BCUT2D eigenvalue weighted by molar-refractivity contribution is 7.00. The molecule has 0 spiro atoms. The maximum atomic E-state index is 5.80. The Morgan fingerprint density at radius 2 is 0.716 bits per heavy atom. The molecule has 0 fully saturated rings. The normalized spacial score (nSPS) is 13.6. The van der Waals surface area contributed by atoms with Gasteiger partial charge in [0.1, 0.15) is 0 Å². The number of aromatic nitrogens is 2. The highest BCUT2D eigenvalue weighted by atomic mass is 15.2. The molecule has 0 N–H and O–H groups in total. The minimum absolute atomic E-state index is 0.0220. The summed E-state index contributed by atoms with van der Waals surface area (Å²) in [5.41, 5.74) is 19.5. The molecule has 3 heterocycles. The van der Waals surface area contributed by atoms with E-state index in [4.69, 9.17) is 9.97 Å². The summed E-state index contributed by atoms with van der Waals surface area (Å²) in [7, 11) is 0. The van der Waals surface area contributed by atoms with Crippen molar-refractivity contribution in [1.82, 2.24) is 9.97 Å². The van der Waals surface area contributed by atoms with Gasteiger partial charge in [-0.25, -0.2) is 9.97 Å². The van der Waals surface area contributed by atoms with Crippen molar-refractivity contribution in [3.05, 3.63) is 222 Å². The van der Waals surface area contributed by atoms with Crippen molar-refractivity contribution in [2.75, 3.05) is 9.80 Å². The summed E-state index contributed by atoms with van der Waals surface area (Å²) in [6.07, 6.45) is 0. The molecule has 0 saturated heterocycles. The van der Waals surface area contributed by atoms with Crippen molar-refractivity contribution in [3.63, 3.8) is 0 Å². The van der Waals surface area contributed by atoms with Crippen LogP contribution in [0.2, 0.25) is 0 Å². The van der Waals surface area contributed by atoms with Crippen molar-refractivity contribution in [2.45, 2.75) is 105 Å². The molecule has 0 atom stereocenters. The van der Waals surface area contributed by atoms with Gasteiger partial charge in [-0.1, -0.05) is 192 Å². The number of fused-ring (bicyclic) bond motifs is 9. The number of anilines is 6. The zero-order chi connectivity index (χ0) is 56.1. The summed E-state index contributed by atoms with van der Waals surface area (Å²) >= 11 is 0. The standard InChI is InChI=1S/C76H69BN4/c1-73(2,3)56-25-29-60(30-26-56)80-66-41-52-35-48-21-15-13-19-46(48)33-50(52)39-63(66)77-64-40-51-34-47-20-14-16-22-49(47)36-53(51)42-67(64)81(61-31-27-57(28-32-61)74(4,5)6)69-44-55(43-68(80)70(69)77)72-78-65-24-18-17-23-62(65)71(79-72)54-37-58(75(7,8)9)45-59(38-54)76(10,11)12/h13-45H,1-12H3. The number of nitrogens with zero attached hydrogens (tertiary/aromatic N) is 4. The largest absolute Gasteiger partial charge is 0.311 e. The topological polar surface area (TPSA) is 32.3 Å².